The average Bonchev–Trinajstić information content (AvgIpc) is 2.84. The summed E-state index contributed by atoms with van der Waals surface area (Å²) in [4.78, 5) is 23.5. The smallest absolute Gasteiger partial charge is 0.223 e. The van der Waals surface area contributed by atoms with Gasteiger partial charge < -0.3 is 19.7 Å². The standard InChI is InChI=1S/C27H34N4O3/c1-19(31(2)3)15-23(32)17-21-7-6-8-22(16-21)24-12-14-29-27(30-24)28-13-11-20-9-10-25(33-4)26(18-20)34-5/h6-10,12,14,16,18-19H,11,13,15,17H2,1-5H3,(H,28,29,30). The largest absolute Gasteiger partial charge is 0.493 e. The van der Waals surface area contributed by atoms with Crippen LogP contribution in [0.1, 0.15) is 24.5 Å². The lowest BCUT2D eigenvalue weighted by Gasteiger charge is -2.18. The molecule has 0 amide bonds. The summed E-state index contributed by atoms with van der Waals surface area (Å²) in [6.07, 6.45) is 3.50. The van der Waals surface area contributed by atoms with Gasteiger partial charge in [0.2, 0.25) is 5.95 Å². The predicted octanol–water partition coefficient (Wildman–Crippen LogP) is 4.27. The van der Waals surface area contributed by atoms with Gasteiger partial charge in [-0.1, -0.05) is 24.3 Å². The molecule has 0 radical (unpaired) electrons. The Morgan fingerprint density at radius 2 is 1.82 bits per heavy atom. The summed E-state index contributed by atoms with van der Waals surface area (Å²) in [5, 5.41) is 3.30. The second-order valence-corrected chi connectivity index (χ2v) is 8.56. The Morgan fingerprint density at radius 1 is 1.03 bits per heavy atom. The van der Waals surface area contributed by atoms with Crippen LogP contribution in [0, 0.1) is 0 Å². The molecule has 1 atom stereocenters. The van der Waals surface area contributed by atoms with Gasteiger partial charge in [-0.25, -0.2) is 9.97 Å². The number of rotatable bonds is 12. The normalized spacial score (nSPS) is 11.8. The minimum atomic E-state index is 0.227. The van der Waals surface area contributed by atoms with Crippen LogP contribution >= 0.6 is 0 Å². The van der Waals surface area contributed by atoms with E-state index in [0.29, 0.717) is 36.8 Å². The maximum atomic E-state index is 12.5. The van der Waals surface area contributed by atoms with Gasteiger partial charge >= 0.3 is 0 Å². The van der Waals surface area contributed by atoms with Gasteiger partial charge in [-0.15, -0.1) is 0 Å². The van der Waals surface area contributed by atoms with E-state index >= 15 is 0 Å². The molecule has 1 aromatic heterocycles. The summed E-state index contributed by atoms with van der Waals surface area (Å²) in [5.41, 5.74) is 3.91. The molecule has 0 saturated heterocycles. The number of nitrogens with one attached hydrogen (secondary N) is 1. The monoisotopic (exact) mass is 462 g/mol. The number of carbonyl (C=O) groups is 1. The highest BCUT2D eigenvalue weighted by molar-refractivity contribution is 5.81. The Bertz CT molecular complexity index is 1100. The van der Waals surface area contributed by atoms with Crippen molar-refractivity contribution < 1.29 is 14.3 Å². The molecule has 1 unspecified atom stereocenters. The lowest BCUT2D eigenvalue weighted by molar-refractivity contribution is -0.119. The van der Waals surface area contributed by atoms with Gasteiger partial charge in [-0.2, -0.15) is 0 Å². The first-order chi connectivity index (χ1) is 16.4. The van der Waals surface area contributed by atoms with Gasteiger partial charge in [0, 0.05) is 37.2 Å². The van der Waals surface area contributed by atoms with E-state index in [1.54, 1.807) is 20.4 Å². The summed E-state index contributed by atoms with van der Waals surface area (Å²) in [5.74, 6) is 2.23. The Kier molecular flexibility index (Phi) is 8.99. The maximum absolute atomic E-state index is 12.5. The molecule has 3 aromatic rings. The lowest BCUT2D eigenvalue weighted by Crippen LogP contribution is -2.27. The van der Waals surface area contributed by atoms with Crippen molar-refractivity contribution in [2.75, 3.05) is 40.2 Å². The van der Waals surface area contributed by atoms with Crippen molar-refractivity contribution in [3.05, 3.63) is 65.9 Å². The van der Waals surface area contributed by atoms with Crippen LogP contribution in [0.25, 0.3) is 11.3 Å². The van der Waals surface area contributed by atoms with Crippen LogP contribution in [0.3, 0.4) is 0 Å². The third-order valence-corrected chi connectivity index (χ3v) is 5.83. The number of aromatic nitrogens is 2. The molecule has 0 aliphatic heterocycles. The zero-order valence-corrected chi connectivity index (χ0v) is 20.7. The highest BCUT2D eigenvalue weighted by Gasteiger charge is 2.12. The van der Waals surface area contributed by atoms with E-state index < -0.39 is 0 Å². The number of benzene rings is 2. The fraction of sp³-hybridized carbons (Fsp3) is 0.370. The number of carbonyl (C=O) groups excluding carboxylic acids is 1. The SMILES string of the molecule is COc1ccc(CCNc2nccc(-c3cccc(CC(=O)CC(C)N(C)C)c3)n2)cc1OC. The quantitative estimate of drug-likeness (QED) is 0.431. The molecule has 0 saturated carbocycles. The van der Waals surface area contributed by atoms with Crippen molar-refractivity contribution in [3.8, 4) is 22.8 Å². The molecule has 3 rings (SSSR count). The molecule has 0 spiro atoms. The van der Waals surface area contributed by atoms with Crippen LogP contribution in [0.15, 0.2) is 54.7 Å². The van der Waals surface area contributed by atoms with E-state index in [0.717, 1.165) is 28.8 Å². The number of ether oxygens (including phenoxy) is 2. The third kappa shape index (κ3) is 7.02. The first-order valence-electron chi connectivity index (χ1n) is 11.4. The van der Waals surface area contributed by atoms with Crippen LogP contribution in [-0.4, -0.2) is 61.6 Å². The molecule has 34 heavy (non-hydrogen) atoms. The van der Waals surface area contributed by atoms with Gasteiger partial charge in [-0.05, 0) is 62.8 Å². The van der Waals surface area contributed by atoms with E-state index in [4.69, 9.17) is 9.47 Å². The van der Waals surface area contributed by atoms with Crippen LogP contribution in [0.2, 0.25) is 0 Å². The fourth-order valence-electron chi connectivity index (χ4n) is 3.61. The van der Waals surface area contributed by atoms with Gasteiger partial charge in [0.25, 0.3) is 0 Å². The van der Waals surface area contributed by atoms with Gasteiger partial charge in [-0.3, -0.25) is 4.79 Å². The topological polar surface area (TPSA) is 76.6 Å². The zero-order valence-electron chi connectivity index (χ0n) is 20.7. The summed E-state index contributed by atoms with van der Waals surface area (Å²) < 4.78 is 10.7. The number of hydrogen-bond acceptors (Lipinski definition) is 7. The maximum Gasteiger partial charge on any atom is 0.223 e. The number of nitrogens with zero attached hydrogens (tertiary/aromatic N) is 3. The summed E-state index contributed by atoms with van der Waals surface area (Å²) in [6, 6.07) is 16.0. The van der Waals surface area contributed by atoms with Crippen LogP contribution < -0.4 is 14.8 Å². The molecule has 0 aliphatic rings. The zero-order chi connectivity index (χ0) is 24.5. The molecular weight excluding hydrogens is 428 g/mol. The molecule has 0 fully saturated rings. The van der Waals surface area contributed by atoms with Crippen molar-refractivity contribution in [1.82, 2.24) is 14.9 Å². The second-order valence-electron chi connectivity index (χ2n) is 8.56. The molecule has 7 nitrogen and oxygen atoms in total. The van der Waals surface area contributed by atoms with Crippen molar-refractivity contribution in [2.24, 2.45) is 0 Å². The Hall–Kier alpha value is -3.45. The number of hydrogen-bond donors (Lipinski definition) is 1. The summed E-state index contributed by atoms with van der Waals surface area (Å²) in [6.45, 7) is 2.74. The molecule has 2 aromatic carbocycles. The minimum Gasteiger partial charge on any atom is -0.493 e. The molecule has 1 heterocycles. The second kappa shape index (κ2) is 12.1. The first-order valence-corrected chi connectivity index (χ1v) is 11.4. The molecule has 7 heteroatoms. The van der Waals surface area contributed by atoms with Crippen LogP contribution in [-0.2, 0) is 17.6 Å². The number of Topliss-reactive ketones (excluding diaryl/α,β-unsaturated/α-hetero) is 1. The van der Waals surface area contributed by atoms with Crippen LogP contribution in [0.4, 0.5) is 5.95 Å². The average molecular weight is 463 g/mol. The Balaban J connectivity index is 1.62. The highest BCUT2D eigenvalue weighted by Crippen LogP contribution is 2.27. The Labute approximate surface area is 202 Å². The van der Waals surface area contributed by atoms with E-state index in [9.17, 15) is 4.79 Å². The third-order valence-electron chi connectivity index (χ3n) is 5.83. The van der Waals surface area contributed by atoms with Crippen molar-refractivity contribution >= 4 is 11.7 Å². The first kappa shape index (κ1) is 25.2. The van der Waals surface area contributed by atoms with Crippen LogP contribution in [0.5, 0.6) is 11.5 Å². The van der Waals surface area contributed by atoms with E-state index in [2.05, 4.69) is 27.1 Å². The molecule has 0 aliphatic carbocycles. The van der Waals surface area contributed by atoms with Crippen molar-refractivity contribution in [3.63, 3.8) is 0 Å². The minimum absolute atomic E-state index is 0.227. The lowest BCUT2D eigenvalue weighted by atomic mass is 10.0. The number of ketones is 1. The molecule has 1 N–H and O–H groups in total. The Morgan fingerprint density at radius 3 is 2.56 bits per heavy atom. The fourth-order valence-corrected chi connectivity index (χ4v) is 3.61. The van der Waals surface area contributed by atoms with Crippen molar-refractivity contribution in [1.29, 1.82) is 0 Å². The van der Waals surface area contributed by atoms with Gasteiger partial charge in [0.1, 0.15) is 5.78 Å². The summed E-state index contributed by atoms with van der Waals surface area (Å²) in [7, 11) is 7.25. The predicted molar refractivity (Wildman–Crippen MR) is 136 cm³/mol. The van der Waals surface area contributed by atoms with Crippen molar-refractivity contribution in [2.45, 2.75) is 32.2 Å². The van der Waals surface area contributed by atoms with Gasteiger partial charge in [0.15, 0.2) is 11.5 Å². The van der Waals surface area contributed by atoms with E-state index in [1.807, 2.05) is 62.6 Å². The van der Waals surface area contributed by atoms with Gasteiger partial charge in [0.05, 0.1) is 19.9 Å². The van der Waals surface area contributed by atoms with E-state index in [-0.39, 0.29) is 11.8 Å². The molecule has 0 bridgehead atoms. The number of anilines is 1. The number of methoxy groups -OCH3 is 2. The highest BCUT2D eigenvalue weighted by atomic mass is 16.5. The summed E-state index contributed by atoms with van der Waals surface area (Å²) >= 11 is 0. The molecular formula is C27H34N4O3. The van der Waals surface area contributed by atoms with E-state index in [1.165, 1.54) is 0 Å². The molecule has 180 valence electrons.